The summed E-state index contributed by atoms with van der Waals surface area (Å²) in [5.74, 6) is -5.20. The summed E-state index contributed by atoms with van der Waals surface area (Å²) < 4.78 is 0. The van der Waals surface area contributed by atoms with E-state index < -0.39 is 59.7 Å². The van der Waals surface area contributed by atoms with Crippen molar-refractivity contribution in [3.05, 3.63) is 0 Å². The molecule has 0 rings (SSSR count). The van der Waals surface area contributed by atoms with Gasteiger partial charge in [0.05, 0.1) is 6.04 Å². The summed E-state index contributed by atoms with van der Waals surface area (Å²) >= 11 is 0. The molecule has 0 saturated carbocycles. The fourth-order valence-electron chi connectivity index (χ4n) is 2.92. The Morgan fingerprint density at radius 1 is 0.706 bits per heavy atom. The highest BCUT2D eigenvalue weighted by molar-refractivity contribution is 5.94. The third-order valence-corrected chi connectivity index (χ3v) is 4.97. The van der Waals surface area contributed by atoms with Crippen molar-refractivity contribution >= 4 is 35.5 Å². The highest BCUT2D eigenvalue weighted by Gasteiger charge is 2.31. The zero-order valence-electron chi connectivity index (χ0n) is 20.1. The number of carbonyl (C=O) groups excluding carboxylic acids is 5. The van der Waals surface area contributed by atoms with Crippen LogP contribution in [-0.2, 0) is 28.8 Å². The van der Waals surface area contributed by atoms with Crippen LogP contribution in [0.3, 0.4) is 0 Å². The number of carbonyl (C=O) groups is 6. The van der Waals surface area contributed by atoms with Crippen molar-refractivity contribution in [2.75, 3.05) is 0 Å². The summed E-state index contributed by atoms with van der Waals surface area (Å²) in [5, 5.41) is 16.6. The average molecular weight is 487 g/mol. The number of hydrogen-bond acceptors (Lipinski definition) is 7. The van der Waals surface area contributed by atoms with Crippen LogP contribution in [0.5, 0.6) is 0 Å². The van der Waals surface area contributed by atoms with Gasteiger partial charge in [0.25, 0.3) is 0 Å². The zero-order chi connectivity index (χ0) is 26.6. The van der Waals surface area contributed by atoms with Gasteiger partial charge < -0.3 is 38.3 Å². The SMILES string of the molecule is CC(C)CC(NC(=O)C(CCC(N)=O)NC(=O)C(N)C(C)C)C(=O)NC(CCC(N)=O)C(=O)O. The zero-order valence-corrected chi connectivity index (χ0v) is 20.1. The van der Waals surface area contributed by atoms with E-state index in [1.807, 2.05) is 0 Å². The smallest absolute Gasteiger partial charge is 0.326 e. The predicted molar refractivity (Wildman–Crippen MR) is 123 cm³/mol. The number of amides is 5. The van der Waals surface area contributed by atoms with E-state index in [1.54, 1.807) is 27.7 Å². The van der Waals surface area contributed by atoms with Crippen molar-refractivity contribution in [3.8, 4) is 0 Å². The molecule has 4 unspecified atom stereocenters. The number of nitrogens with two attached hydrogens (primary N) is 3. The Kier molecular flexibility index (Phi) is 13.4. The van der Waals surface area contributed by atoms with Crippen molar-refractivity contribution in [1.29, 1.82) is 0 Å². The standard InChI is InChI=1S/C21H38N6O7/c1-10(2)9-14(19(31)26-13(21(33)34)6-8-16(23)29)27-18(30)12(5-7-15(22)28)25-20(32)17(24)11(3)4/h10-14,17H,5-9,24H2,1-4H3,(H2,22,28)(H2,23,29)(H,25,32)(H,26,31)(H,27,30)(H,33,34). The number of carboxylic acid groups (broad SMARTS) is 1. The van der Waals surface area contributed by atoms with Gasteiger partial charge in [0.15, 0.2) is 0 Å². The first-order valence-corrected chi connectivity index (χ1v) is 11.1. The van der Waals surface area contributed by atoms with Gasteiger partial charge >= 0.3 is 5.97 Å². The third-order valence-electron chi connectivity index (χ3n) is 4.97. The van der Waals surface area contributed by atoms with Gasteiger partial charge in [-0.25, -0.2) is 4.79 Å². The van der Waals surface area contributed by atoms with Crippen molar-refractivity contribution in [2.24, 2.45) is 29.0 Å². The third kappa shape index (κ3) is 12.1. The number of aliphatic carboxylic acids is 1. The molecule has 0 aromatic rings. The molecule has 194 valence electrons. The molecule has 34 heavy (non-hydrogen) atoms. The number of nitrogens with one attached hydrogen (secondary N) is 3. The van der Waals surface area contributed by atoms with Gasteiger partial charge in [-0.15, -0.1) is 0 Å². The quantitative estimate of drug-likeness (QED) is 0.129. The van der Waals surface area contributed by atoms with Crippen LogP contribution in [0.25, 0.3) is 0 Å². The summed E-state index contributed by atoms with van der Waals surface area (Å²) in [5.41, 5.74) is 16.0. The molecule has 0 aromatic carbocycles. The Morgan fingerprint density at radius 2 is 1.12 bits per heavy atom. The molecule has 0 aromatic heterocycles. The lowest BCUT2D eigenvalue weighted by Crippen LogP contribution is -2.57. The summed E-state index contributed by atoms with van der Waals surface area (Å²) in [7, 11) is 0. The first-order chi connectivity index (χ1) is 15.6. The monoisotopic (exact) mass is 486 g/mol. The maximum Gasteiger partial charge on any atom is 0.326 e. The molecule has 0 spiro atoms. The van der Waals surface area contributed by atoms with Gasteiger partial charge in [-0.1, -0.05) is 27.7 Å². The molecule has 13 nitrogen and oxygen atoms in total. The minimum absolute atomic E-state index is 0.0713. The minimum Gasteiger partial charge on any atom is -0.480 e. The van der Waals surface area contributed by atoms with Crippen molar-refractivity contribution in [2.45, 2.75) is 84.0 Å². The molecule has 5 amide bonds. The maximum atomic E-state index is 12.9. The molecule has 10 N–H and O–H groups in total. The van der Waals surface area contributed by atoms with E-state index in [9.17, 15) is 33.9 Å². The van der Waals surface area contributed by atoms with Crippen LogP contribution in [0.2, 0.25) is 0 Å². The Balaban J connectivity index is 5.57. The largest absolute Gasteiger partial charge is 0.480 e. The lowest BCUT2D eigenvalue weighted by molar-refractivity contribution is -0.142. The summed E-state index contributed by atoms with van der Waals surface area (Å²) in [6.07, 6.45) is -0.644. The molecular weight excluding hydrogens is 448 g/mol. The molecular formula is C21H38N6O7. The van der Waals surface area contributed by atoms with Crippen molar-refractivity contribution in [3.63, 3.8) is 0 Å². The fraction of sp³-hybridized carbons (Fsp3) is 0.714. The molecule has 0 heterocycles. The van der Waals surface area contributed by atoms with Gasteiger partial charge in [0.1, 0.15) is 18.1 Å². The van der Waals surface area contributed by atoms with Crippen LogP contribution < -0.4 is 33.2 Å². The second-order valence-corrected chi connectivity index (χ2v) is 8.93. The molecule has 0 aliphatic heterocycles. The lowest BCUT2D eigenvalue weighted by atomic mass is 10.0. The van der Waals surface area contributed by atoms with Crippen LogP contribution in [0.4, 0.5) is 0 Å². The summed E-state index contributed by atoms with van der Waals surface area (Å²) in [4.78, 5) is 71.8. The molecule has 4 atom stereocenters. The van der Waals surface area contributed by atoms with E-state index in [1.165, 1.54) is 0 Å². The number of primary amides is 2. The van der Waals surface area contributed by atoms with E-state index in [0.29, 0.717) is 0 Å². The lowest BCUT2D eigenvalue weighted by Gasteiger charge is -2.26. The van der Waals surface area contributed by atoms with Gasteiger partial charge in [0, 0.05) is 12.8 Å². The Labute approximate surface area is 198 Å². The Bertz CT molecular complexity index is 756. The summed E-state index contributed by atoms with van der Waals surface area (Å²) in [6, 6.07) is -4.63. The second-order valence-electron chi connectivity index (χ2n) is 8.93. The molecule has 13 heteroatoms. The predicted octanol–water partition coefficient (Wildman–Crippen LogP) is -1.91. The highest BCUT2D eigenvalue weighted by atomic mass is 16.4. The first kappa shape index (κ1) is 30.8. The van der Waals surface area contributed by atoms with E-state index in [0.717, 1.165) is 0 Å². The first-order valence-electron chi connectivity index (χ1n) is 11.1. The minimum atomic E-state index is -1.39. The average Bonchev–Trinajstić information content (AvgIpc) is 2.71. The van der Waals surface area contributed by atoms with Crippen LogP contribution >= 0.6 is 0 Å². The molecule has 0 fully saturated rings. The normalized spacial score (nSPS) is 14.6. The number of carboxylic acids is 1. The summed E-state index contributed by atoms with van der Waals surface area (Å²) in [6.45, 7) is 7.04. The van der Waals surface area contributed by atoms with E-state index >= 15 is 0 Å². The van der Waals surface area contributed by atoms with Crippen LogP contribution in [-0.4, -0.2) is 64.8 Å². The van der Waals surface area contributed by atoms with E-state index in [4.69, 9.17) is 17.2 Å². The van der Waals surface area contributed by atoms with Gasteiger partial charge in [-0.2, -0.15) is 0 Å². The van der Waals surface area contributed by atoms with Crippen LogP contribution in [0.1, 0.15) is 59.8 Å². The van der Waals surface area contributed by atoms with E-state index in [2.05, 4.69) is 16.0 Å². The van der Waals surface area contributed by atoms with Gasteiger partial charge in [-0.05, 0) is 31.1 Å². The number of rotatable bonds is 16. The molecule has 0 saturated heterocycles. The topological polar surface area (TPSA) is 237 Å². The molecule has 0 aliphatic rings. The number of hydrogen-bond donors (Lipinski definition) is 7. The van der Waals surface area contributed by atoms with Crippen LogP contribution in [0, 0.1) is 11.8 Å². The second kappa shape index (κ2) is 14.8. The fourth-order valence-corrected chi connectivity index (χ4v) is 2.92. The maximum absolute atomic E-state index is 12.9. The Morgan fingerprint density at radius 3 is 1.53 bits per heavy atom. The molecule has 0 radical (unpaired) electrons. The van der Waals surface area contributed by atoms with Gasteiger partial charge in [0.2, 0.25) is 29.5 Å². The van der Waals surface area contributed by atoms with Crippen molar-refractivity contribution in [1.82, 2.24) is 16.0 Å². The van der Waals surface area contributed by atoms with Gasteiger partial charge in [-0.3, -0.25) is 24.0 Å². The Hall–Kier alpha value is -3.22. The van der Waals surface area contributed by atoms with E-state index in [-0.39, 0.29) is 43.9 Å². The van der Waals surface area contributed by atoms with Crippen LogP contribution in [0.15, 0.2) is 0 Å². The molecule has 0 bridgehead atoms. The molecule has 0 aliphatic carbocycles. The highest BCUT2D eigenvalue weighted by Crippen LogP contribution is 2.09. The van der Waals surface area contributed by atoms with Crippen molar-refractivity contribution < 1.29 is 33.9 Å².